The summed E-state index contributed by atoms with van der Waals surface area (Å²) < 4.78 is 6.06. The van der Waals surface area contributed by atoms with Crippen LogP contribution in [0.15, 0.2) is 84.9 Å². The summed E-state index contributed by atoms with van der Waals surface area (Å²) in [4.78, 5) is 12.7. The lowest BCUT2D eigenvalue weighted by atomic mass is 9.64. The number of esters is 1. The van der Waals surface area contributed by atoms with Gasteiger partial charge < -0.3 is 4.74 Å². The molecule has 0 radical (unpaired) electrons. The van der Waals surface area contributed by atoms with Crippen molar-refractivity contribution in [3.8, 4) is 0 Å². The average molecular weight is 363 g/mol. The first-order chi connectivity index (χ1) is 12.7. The molecule has 3 heteroatoms. The molecule has 0 saturated heterocycles. The van der Waals surface area contributed by atoms with Crippen LogP contribution >= 0.6 is 11.6 Å². The van der Waals surface area contributed by atoms with E-state index in [1.807, 2.05) is 36.4 Å². The third kappa shape index (κ3) is 3.25. The normalized spacial score (nSPS) is 21.7. The Labute approximate surface area is 158 Å². The second-order valence-corrected chi connectivity index (χ2v) is 7.21. The first kappa shape index (κ1) is 16.9. The molecule has 0 aromatic heterocycles. The molecule has 130 valence electrons. The predicted octanol–water partition coefficient (Wildman–Crippen LogP) is 5.97. The molecule has 1 aliphatic rings. The van der Waals surface area contributed by atoms with Gasteiger partial charge in [-0.2, -0.15) is 0 Å². The van der Waals surface area contributed by atoms with Gasteiger partial charge in [0, 0.05) is 5.02 Å². The molecule has 4 rings (SSSR count). The molecule has 0 aliphatic heterocycles. The Balaban J connectivity index is 1.59. The number of ether oxygens (including phenoxy) is 1. The number of halogens is 1. The van der Waals surface area contributed by atoms with Crippen molar-refractivity contribution < 1.29 is 9.53 Å². The molecule has 0 atom stereocenters. The molecule has 0 amide bonds. The van der Waals surface area contributed by atoms with Gasteiger partial charge in [0.05, 0.1) is 5.56 Å². The van der Waals surface area contributed by atoms with Gasteiger partial charge in [0.25, 0.3) is 0 Å². The number of hydrogen-bond acceptors (Lipinski definition) is 2. The number of carbonyl (C=O) groups excluding carboxylic acids is 1. The predicted molar refractivity (Wildman–Crippen MR) is 103 cm³/mol. The molecule has 0 N–H and O–H groups in total. The van der Waals surface area contributed by atoms with Crippen molar-refractivity contribution in [3.63, 3.8) is 0 Å². The molecule has 1 fully saturated rings. The molecule has 3 aromatic carbocycles. The fraction of sp³-hybridized carbons (Fsp3) is 0.174. The zero-order valence-corrected chi connectivity index (χ0v) is 15.0. The standard InChI is InChI=1S/C23H19ClO2/c24-21-13-11-18(12-14-21)22(25)26-23(20-9-5-2-6-10-20)15-19(16-23)17-7-3-1-4-8-17/h1-14,19H,15-16H2. The first-order valence-electron chi connectivity index (χ1n) is 8.76. The largest absolute Gasteiger partial charge is 0.451 e. The van der Waals surface area contributed by atoms with E-state index in [0.717, 1.165) is 18.4 Å². The SMILES string of the molecule is O=C(OC1(c2ccccc2)CC(c2ccccc2)C1)c1ccc(Cl)cc1. The van der Waals surface area contributed by atoms with Crippen LogP contribution < -0.4 is 0 Å². The van der Waals surface area contributed by atoms with Crippen molar-refractivity contribution in [3.05, 3.63) is 107 Å². The molecule has 0 spiro atoms. The summed E-state index contributed by atoms with van der Waals surface area (Å²) in [5.74, 6) is 0.0893. The number of benzene rings is 3. The van der Waals surface area contributed by atoms with E-state index in [2.05, 4.69) is 24.3 Å². The van der Waals surface area contributed by atoms with E-state index in [4.69, 9.17) is 16.3 Å². The van der Waals surface area contributed by atoms with E-state index in [0.29, 0.717) is 16.5 Å². The van der Waals surface area contributed by atoms with Crippen LogP contribution in [0.5, 0.6) is 0 Å². The summed E-state index contributed by atoms with van der Waals surface area (Å²) in [6.07, 6.45) is 1.58. The van der Waals surface area contributed by atoms with Crippen molar-refractivity contribution in [2.24, 2.45) is 0 Å². The average Bonchev–Trinajstić information content (AvgIpc) is 2.66. The monoisotopic (exact) mass is 362 g/mol. The van der Waals surface area contributed by atoms with Gasteiger partial charge in [-0.05, 0) is 54.2 Å². The van der Waals surface area contributed by atoms with Crippen LogP contribution in [0.2, 0.25) is 5.02 Å². The first-order valence-corrected chi connectivity index (χ1v) is 9.13. The van der Waals surface area contributed by atoms with Crippen molar-refractivity contribution in [2.45, 2.75) is 24.4 Å². The van der Waals surface area contributed by atoms with E-state index in [1.165, 1.54) is 5.56 Å². The Morgan fingerprint density at radius 2 is 1.42 bits per heavy atom. The van der Waals surface area contributed by atoms with Crippen LogP contribution in [0.25, 0.3) is 0 Å². The van der Waals surface area contributed by atoms with Crippen LogP contribution in [-0.4, -0.2) is 5.97 Å². The topological polar surface area (TPSA) is 26.3 Å². The van der Waals surface area contributed by atoms with Gasteiger partial charge in [-0.3, -0.25) is 0 Å². The summed E-state index contributed by atoms with van der Waals surface area (Å²) in [7, 11) is 0. The fourth-order valence-corrected chi connectivity index (χ4v) is 3.77. The highest BCUT2D eigenvalue weighted by molar-refractivity contribution is 6.30. The van der Waals surface area contributed by atoms with Crippen LogP contribution in [0, 0.1) is 0 Å². The molecular weight excluding hydrogens is 344 g/mol. The lowest BCUT2D eigenvalue weighted by Crippen LogP contribution is -2.44. The maximum absolute atomic E-state index is 12.7. The minimum absolute atomic E-state index is 0.308. The Bertz CT molecular complexity index is 883. The van der Waals surface area contributed by atoms with Crippen molar-refractivity contribution >= 4 is 17.6 Å². The Morgan fingerprint density at radius 3 is 2.04 bits per heavy atom. The van der Waals surface area contributed by atoms with Gasteiger partial charge in [0.15, 0.2) is 0 Å². The number of rotatable bonds is 4. The zero-order valence-electron chi connectivity index (χ0n) is 14.3. The molecule has 26 heavy (non-hydrogen) atoms. The van der Waals surface area contributed by atoms with Gasteiger partial charge in [0.1, 0.15) is 5.60 Å². The third-order valence-corrected chi connectivity index (χ3v) is 5.34. The van der Waals surface area contributed by atoms with Crippen molar-refractivity contribution in [1.82, 2.24) is 0 Å². The molecule has 1 aliphatic carbocycles. The maximum atomic E-state index is 12.7. The molecule has 0 heterocycles. The van der Waals surface area contributed by atoms with Crippen LogP contribution in [-0.2, 0) is 10.3 Å². The lowest BCUT2D eigenvalue weighted by molar-refractivity contribution is -0.0784. The minimum atomic E-state index is -0.571. The highest BCUT2D eigenvalue weighted by atomic mass is 35.5. The Kier molecular flexibility index (Phi) is 4.52. The summed E-state index contributed by atoms with van der Waals surface area (Å²) in [5.41, 5.74) is 2.29. The summed E-state index contributed by atoms with van der Waals surface area (Å²) in [6, 6.07) is 27.3. The maximum Gasteiger partial charge on any atom is 0.339 e. The molecule has 0 unspecified atom stereocenters. The molecule has 3 aromatic rings. The van der Waals surface area contributed by atoms with Crippen molar-refractivity contribution in [1.29, 1.82) is 0 Å². The van der Waals surface area contributed by atoms with E-state index in [9.17, 15) is 4.79 Å². The van der Waals surface area contributed by atoms with E-state index < -0.39 is 5.60 Å². The number of carbonyl (C=O) groups is 1. The summed E-state index contributed by atoms with van der Waals surface area (Å²) in [6.45, 7) is 0. The van der Waals surface area contributed by atoms with Gasteiger partial charge in [-0.1, -0.05) is 72.3 Å². The lowest BCUT2D eigenvalue weighted by Gasteiger charge is -2.47. The van der Waals surface area contributed by atoms with E-state index in [-0.39, 0.29) is 5.97 Å². The smallest absolute Gasteiger partial charge is 0.339 e. The molecule has 0 bridgehead atoms. The van der Waals surface area contributed by atoms with Crippen LogP contribution in [0.3, 0.4) is 0 Å². The molecular formula is C23H19ClO2. The number of hydrogen-bond donors (Lipinski definition) is 0. The zero-order chi connectivity index (χ0) is 18.0. The van der Waals surface area contributed by atoms with Gasteiger partial charge in [-0.15, -0.1) is 0 Å². The van der Waals surface area contributed by atoms with Crippen LogP contribution in [0.1, 0.15) is 40.2 Å². The fourth-order valence-electron chi connectivity index (χ4n) is 3.64. The third-order valence-electron chi connectivity index (χ3n) is 5.09. The molecule has 1 saturated carbocycles. The highest BCUT2D eigenvalue weighted by Crippen LogP contribution is 2.53. The summed E-state index contributed by atoms with van der Waals surface area (Å²) in [5, 5.41) is 0.604. The van der Waals surface area contributed by atoms with Crippen molar-refractivity contribution in [2.75, 3.05) is 0 Å². The van der Waals surface area contributed by atoms with Crippen LogP contribution in [0.4, 0.5) is 0 Å². The second kappa shape index (κ2) is 6.97. The Morgan fingerprint density at radius 1 is 0.846 bits per heavy atom. The highest BCUT2D eigenvalue weighted by Gasteiger charge is 2.49. The second-order valence-electron chi connectivity index (χ2n) is 6.77. The van der Waals surface area contributed by atoms with E-state index in [1.54, 1.807) is 24.3 Å². The Hall–Kier alpha value is -2.58. The van der Waals surface area contributed by atoms with E-state index >= 15 is 0 Å². The molecule has 2 nitrogen and oxygen atoms in total. The van der Waals surface area contributed by atoms with Gasteiger partial charge in [0.2, 0.25) is 0 Å². The quantitative estimate of drug-likeness (QED) is 0.534. The summed E-state index contributed by atoms with van der Waals surface area (Å²) >= 11 is 5.92. The van der Waals surface area contributed by atoms with Gasteiger partial charge >= 0.3 is 5.97 Å². The minimum Gasteiger partial charge on any atom is -0.451 e. The van der Waals surface area contributed by atoms with Gasteiger partial charge in [-0.25, -0.2) is 4.79 Å².